The standard InChI is InChI=1S/C12H20N2O4/c1-9(2)14-8-7-13(11(17)12(14)18)6-4-3-5-10(15)16/h9H,3-8H2,1-2H3,(H,15,16). The van der Waals surface area contributed by atoms with Crippen LogP contribution in [0.4, 0.5) is 0 Å². The molecule has 102 valence electrons. The highest BCUT2D eigenvalue weighted by Crippen LogP contribution is 2.10. The Bertz CT molecular complexity index is 341. The Balaban J connectivity index is 2.39. The van der Waals surface area contributed by atoms with Crippen molar-refractivity contribution in [1.29, 1.82) is 0 Å². The number of nitrogens with zero attached hydrogens (tertiary/aromatic N) is 2. The summed E-state index contributed by atoms with van der Waals surface area (Å²) in [6.45, 7) is 5.32. The quantitative estimate of drug-likeness (QED) is 0.548. The first-order valence-electron chi connectivity index (χ1n) is 6.25. The second-order valence-corrected chi connectivity index (χ2v) is 4.74. The molecule has 0 bridgehead atoms. The van der Waals surface area contributed by atoms with Crippen LogP contribution in [0.5, 0.6) is 0 Å². The second kappa shape index (κ2) is 6.37. The van der Waals surface area contributed by atoms with Crippen molar-refractivity contribution in [3.8, 4) is 0 Å². The van der Waals surface area contributed by atoms with Gasteiger partial charge in [-0.25, -0.2) is 0 Å². The van der Waals surface area contributed by atoms with Crippen LogP contribution in [-0.2, 0) is 14.4 Å². The minimum Gasteiger partial charge on any atom is -0.481 e. The normalized spacial score (nSPS) is 16.6. The van der Waals surface area contributed by atoms with Crippen LogP contribution in [0.15, 0.2) is 0 Å². The van der Waals surface area contributed by atoms with Gasteiger partial charge in [-0.05, 0) is 26.7 Å². The van der Waals surface area contributed by atoms with E-state index in [9.17, 15) is 14.4 Å². The van der Waals surface area contributed by atoms with Crippen LogP contribution in [-0.4, -0.2) is 58.4 Å². The van der Waals surface area contributed by atoms with E-state index < -0.39 is 17.8 Å². The number of hydrogen-bond acceptors (Lipinski definition) is 3. The van der Waals surface area contributed by atoms with Gasteiger partial charge in [-0.1, -0.05) is 0 Å². The van der Waals surface area contributed by atoms with Crippen LogP contribution >= 0.6 is 0 Å². The van der Waals surface area contributed by atoms with Crippen LogP contribution in [0.2, 0.25) is 0 Å². The zero-order valence-electron chi connectivity index (χ0n) is 10.9. The molecule has 0 spiro atoms. The number of carbonyl (C=O) groups is 3. The minimum atomic E-state index is -0.831. The molecular formula is C12H20N2O4. The molecule has 1 aliphatic rings. The van der Waals surface area contributed by atoms with Gasteiger partial charge in [-0.15, -0.1) is 0 Å². The number of carboxylic acids is 1. The summed E-state index contributed by atoms with van der Waals surface area (Å²) in [6.07, 6.45) is 1.25. The molecule has 0 aliphatic carbocycles. The monoisotopic (exact) mass is 256 g/mol. The van der Waals surface area contributed by atoms with E-state index in [0.29, 0.717) is 32.5 Å². The van der Waals surface area contributed by atoms with Crippen LogP contribution in [0.25, 0.3) is 0 Å². The summed E-state index contributed by atoms with van der Waals surface area (Å²) in [7, 11) is 0. The molecule has 0 atom stereocenters. The van der Waals surface area contributed by atoms with Crippen molar-refractivity contribution in [2.24, 2.45) is 0 Å². The third-order valence-corrected chi connectivity index (χ3v) is 3.03. The average molecular weight is 256 g/mol. The van der Waals surface area contributed by atoms with E-state index >= 15 is 0 Å². The third kappa shape index (κ3) is 3.72. The first-order chi connectivity index (χ1) is 8.43. The van der Waals surface area contributed by atoms with Crippen molar-refractivity contribution in [2.45, 2.75) is 39.2 Å². The lowest BCUT2D eigenvalue weighted by atomic mass is 10.2. The van der Waals surface area contributed by atoms with E-state index in [4.69, 9.17) is 5.11 Å². The van der Waals surface area contributed by atoms with Gasteiger partial charge in [0.2, 0.25) is 0 Å². The van der Waals surface area contributed by atoms with Crippen molar-refractivity contribution in [3.05, 3.63) is 0 Å². The van der Waals surface area contributed by atoms with Crippen molar-refractivity contribution in [2.75, 3.05) is 19.6 Å². The third-order valence-electron chi connectivity index (χ3n) is 3.03. The molecule has 2 amide bonds. The molecule has 1 aliphatic heterocycles. The van der Waals surface area contributed by atoms with Crippen LogP contribution in [0, 0.1) is 0 Å². The fourth-order valence-electron chi connectivity index (χ4n) is 1.97. The molecule has 1 saturated heterocycles. The van der Waals surface area contributed by atoms with Gasteiger partial charge in [-0.3, -0.25) is 14.4 Å². The summed E-state index contributed by atoms with van der Waals surface area (Å²) in [4.78, 5) is 37.0. The van der Waals surface area contributed by atoms with Crippen molar-refractivity contribution in [1.82, 2.24) is 9.80 Å². The first kappa shape index (κ1) is 14.5. The van der Waals surface area contributed by atoms with Crippen molar-refractivity contribution >= 4 is 17.8 Å². The highest BCUT2D eigenvalue weighted by Gasteiger charge is 2.33. The van der Waals surface area contributed by atoms with Crippen LogP contribution in [0.1, 0.15) is 33.1 Å². The number of carboxylic acid groups (broad SMARTS) is 1. The van der Waals surface area contributed by atoms with E-state index in [2.05, 4.69) is 0 Å². The highest BCUT2D eigenvalue weighted by atomic mass is 16.4. The Morgan fingerprint density at radius 1 is 1.22 bits per heavy atom. The Hall–Kier alpha value is -1.59. The number of rotatable bonds is 6. The van der Waals surface area contributed by atoms with Crippen molar-refractivity contribution < 1.29 is 19.5 Å². The second-order valence-electron chi connectivity index (χ2n) is 4.74. The molecule has 0 aromatic carbocycles. The summed E-state index contributed by atoms with van der Waals surface area (Å²) in [5.74, 6) is -1.75. The summed E-state index contributed by atoms with van der Waals surface area (Å²) in [5, 5.41) is 8.50. The zero-order valence-corrected chi connectivity index (χ0v) is 10.9. The Labute approximate surface area is 107 Å². The van der Waals surface area contributed by atoms with Gasteiger partial charge >= 0.3 is 17.8 Å². The topological polar surface area (TPSA) is 77.9 Å². The molecule has 0 aromatic rings. The van der Waals surface area contributed by atoms with E-state index in [1.54, 1.807) is 4.90 Å². The fourth-order valence-corrected chi connectivity index (χ4v) is 1.97. The van der Waals surface area contributed by atoms with Crippen LogP contribution in [0.3, 0.4) is 0 Å². The Morgan fingerprint density at radius 3 is 2.44 bits per heavy atom. The molecular weight excluding hydrogens is 236 g/mol. The molecule has 0 aromatic heterocycles. The number of hydrogen-bond donors (Lipinski definition) is 1. The fraction of sp³-hybridized carbons (Fsp3) is 0.750. The molecule has 1 fully saturated rings. The largest absolute Gasteiger partial charge is 0.481 e. The van der Waals surface area contributed by atoms with Gasteiger partial charge in [0, 0.05) is 32.1 Å². The average Bonchev–Trinajstić information content (AvgIpc) is 2.29. The maximum Gasteiger partial charge on any atom is 0.312 e. The lowest BCUT2D eigenvalue weighted by Crippen LogP contribution is -2.56. The highest BCUT2D eigenvalue weighted by molar-refractivity contribution is 6.35. The van der Waals surface area contributed by atoms with E-state index in [1.165, 1.54) is 4.90 Å². The van der Waals surface area contributed by atoms with Crippen LogP contribution < -0.4 is 0 Å². The SMILES string of the molecule is CC(C)N1CCN(CCCCC(=O)O)C(=O)C1=O. The van der Waals surface area contributed by atoms with Crippen molar-refractivity contribution in [3.63, 3.8) is 0 Å². The zero-order chi connectivity index (χ0) is 13.7. The molecule has 6 heteroatoms. The molecule has 18 heavy (non-hydrogen) atoms. The van der Waals surface area contributed by atoms with Gasteiger partial charge in [0.15, 0.2) is 0 Å². The Kier molecular flexibility index (Phi) is 5.12. The number of unbranched alkanes of at least 4 members (excludes halogenated alkanes) is 1. The molecule has 1 heterocycles. The lowest BCUT2D eigenvalue weighted by molar-refractivity contribution is -0.157. The smallest absolute Gasteiger partial charge is 0.312 e. The molecule has 0 radical (unpaired) electrons. The number of carbonyl (C=O) groups excluding carboxylic acids is 2. The molecule has 1 N–H and O–H groups in total. The molecule has 0 unspecified atom stereocenters. The molecule has 6 nitrogen and oxygen atoms in total. The number of aliphatic carboxylic acids is 1. The van der Waals surface area contributed by atoms with Gasteiger partial charge in [0.25, 0.3) is 0 Å². The Morgan fingerprint density at radius 2 is 1.89 bits per heavy atom. The van der Waals surface area contributed by atoms with Gasteiger partial charge < -0.3 is 14.9 Å². The maximum absolute atomic E-state index is 11.8. The first-order valence-corrected chi connectivity index (χ1v) is 6.25. The molecule has 0 saturated carbocycles. The van der Waals surface area contributed by atoms with Gasteiger partial charge in [0.05, 0.1) is 0 Å². The summed E-state index contributed by atoms with van der Waals surface area (Å²) in [6, 6.07) is 0.0376. The predicted octanol–water partition coefficient (Wildman–Crippen LogP) is 0.321. The number of piperazine rings is 1. The van der Waals surface area contributed by atoms with Gasteiger partial charge in [-0.2, -0.15) is 0 Å². The van der Waals surface area contributed by atoms with E-state index in [1.807, 2.05) is 13.8 Å². The van der Waals surface area contributed by atoms with Gasteiger partial charge in [0.1, 0.15) is 0 Å². The van der Waals surface area contributed by atoms with E-state index in [-0.39, 0.29) is 12.5 Å². The summed E-state index contributed by atoms with van der Waals surface area (Å²) < 4.78 is 0. The van der Waals surface area contributed by atoms with E-state index in [0.717, 1.165) is 0 Å². The summed E-state index contributed by atoms with van der Waals surface area (Å²) in [5.41, 5.74) is 0. The molecule has 1 rings (SSSR count). The summed E-state index contributed by atoms with van der Waals surface area (Å²) >= 11 is 0. The minimum absolute atomic E-state index is 0.0376. The predicted molar refractivity (Wildman–Crippen MR) is 64.9 cm³/mol. The maximum atomic E-state index is 11.8. The number of amides is 2. The lowest BCUT2D eigenvalue weighted by Gasteiger charge is -2.36.